The molecule has 0 N–H and O–H groups in total. The first kappa shape index (κ1) is 140. The molecule has 0 heterocycles. The van der Waals surface area contributed by atoms with Gasteiger partial charge in [-0.05, 0) is 0 Å². The molecule has 0 radical (unpaired) electrons. The third-order valence-electron chi connectivity index (χ3n) is 0. The fraction of sp³-hybridized carbons (Fsp3) is 0. The zero-order valence-electron chi connectivity index (χ0n) is 1.63. The SMILES string of the molecule is [O-2].[O-2].[O-2].[Te+6]. The summed E-state index contributed by atoms with van der Waals surface area (Å²) in [6, 6.07) is 0. The van der Waals surface area contributed by atoms with E-state index in [2.05, 4.69) is 0 Å². The van der Waals surface area contributed by atoms with Crippen molar-refractivity contribution in [2.75, 3.05) is 0 Å². The van der Waals surface area contributed by atoms with Gasteiger partial charge in [0.15, 0.2) is 0 Å². The Morgan fingerprint density at radius 1 is 0.500 bits per heavy atom. The molecule has 4 heavy (non-hydrogen) atoms. The van der Waals surface area contributed by atoms with Crippen molar-refractivity contribution in [3.63, 3.8) is 0 Å². The Kier molecular flexibility index (Phi) is 2040. The van der Waals surface area contributed by atoms with Crippen LogP contribution in [0, 0.1) is 0 Å². The van der Waals surface area contributed by atoms with Crippen molar-refractivity contribution in [2.24, 2.45) is 0 Å². The molecule has 24 valence electrons. The third kappa shape index (κ3) is 16.6. The Bertz CT molecular complexity index is 3.25. The molecule has 0 spiro atoms. The Morgan fingerprint density at radius 3 is 0.500 bits per heavy atom. The minimum absolute atomic E-state index is 0. The molecule has 0 bridgehead atoms. The molecule has 0 amide bonds. The molecule has 0 saturated heterocycles. The maximum atomic E-state index is 0. The number of hydrogen-bond acceptors (Lipinski definition) is 0. The second-order valence-electron chi connectivity index (χ2n) is 0. The Labute approximate surface area is 40.7 Å². The Morgan fingerprint density at radius 2 is 0.500 bits per heavy atom. The van der Waals surface area contributed by atoms with E-state index in [1.165, 1.54) is 0 Å². The van der Waals surface area contributed by atoms with Crippen LogP contribution >= 0.6 is 0 Å². The summed E-state index contributed by atoms with van der Waals surface area (Å²) in [4.78, 5) is 0. The summed E-state index contributed by atoms with van der Waals surface area (Å²) in [7, 11) is 0. The van der Waals surface area contributed by atoms with Crippen LogP contribution in [0.25, 0.3) is 0 Å². The third-order valence-corrected chi connectivity index (χ3v) is 0. The van der Waals surface area contributed by atoms with E-state index >= 15 is 0 Å². The summed E-state index contributed by atoms with van der Waals surface area (Å²) in [6.45, 7) is 0. The van der Waals surface area contributed by atoms with Crippen LogP contribution in [0.4, 0.5) is 0 Å². The molecule has 0 aromatic carbocycles. The van der Waals surface area contributed by atoms with E-state index in [4.69, 9.17) is 0 Å². The zero-order chi connectivity index (χ0) is 0. The standard InChI is InChI=1S/3O.Te/q3*-2;+6. The summed E-state index contributed by atoms with van der Waals surface area (Å²) < 4.78 is 0. The van der Waals surface area contributed by atoms with Gasteiger partial charge in [-0.2, -0.15) is 0 Å². The molecular formula is O3Te. The van der Waals surface area contributed by atoms with Gasteiger partial charge in [-0.1, -0.05) is 0 Å². The fourth-order valence-corrected chi connectivity index (χ4v) is 0. The van der Waals surface area contributed by atoms with Gasteiger partial charge in [-0.15, -0.1) is 0 Å². The molecule has 0 fully saturated rings. The van der Waals surface area contributed by atoms with Gasteiger partial charge < -0.3 is 16.4 Å². The second-order valence-corrected chi connectivity index (χ2v) is 0. The Hall–Kier alpha value is 0.670. The van der Waals surface area contributed by atoms with Gasteiger partial charge in [0, 0.05) is 0 Å². The Balaban J connectivity index is 0. The monoisotopic (exact) mass is 178 g/mol. The minimum atomic E-state index is 0. The summed E-state index contributed by atoms with van der Waals surface area (Å²) in [5.41, 5.74) is 0. The van der Waals surface area contributed by atoms with Crippen LogP contribution in [0.3, 0.4) is 0 Å². The van der Waals surface area contributed by atoms with E-state index in [-0.39, 0.29) is 40.1 Å². The number of hydrogen-bond donors (Lipinski definition) is 0. The van der Waals surface area contributed by atoms with Crippen LogP contribution in [-0.2, 0) is 16.4 Å². The molecule has 0 aromatic heterocycles. The normalized spacial score (nSPS) is 0. The molecule has 0 aliphatic heterocycles. The van der Waals surface area contributed by atoms with Crippen LogP contribution in [0.2, 0.25) is 0 Å². The molecule has 0 aliphatic carbocycles. The predicted octanol–water partition coefficient (Wildman–Crippen LogP) is -0.737. The van der Waals surface area contributed by atoms with Gasteiger partial charge in [0.05, 0.1) is 0 Å². The van der Waals surface area contributed by atoms with Crippen molar-refractivity contribution < 1.29 is 16.4 Å². The average Bonchev–Trinajstić information content (AvgIpc) is 0. The quantitative estimate of drug-likeness (QED) is 0.435. The summed E-state index contributed by atoms with van der Waals surface area (Å²) in [6.07, 6.45) is 0. The molecule has 0 rings (SSSR count). The van der Waals surface area contributed by atoms with Gasteiger partial charge in [-0.25, -0.2) is 0 Å². The minimum Gasteiger partial charge on any atom is -2.00 e. The molecular weight excluding hydrogens is 176 g/mol. The molecule has 0 atom stereocenters. The van der Waals surface area contributed by atoms with Crippen molar-refractivity contribution >= 4 is 23.7 Å². The number of rotatable bonds is 0. The first-order chi connectivity index (χ1) is 0. The molecule has 0 saturated carbocycles. The molecule has 0 aromatic rings. The maximum absolute atomic E-state index is 0. The molecule has 0 aliphatic rings. The molecule has 0 unspecified atom stereocenters. The van der Waals surface area contributed by atoms with Gasteiger partial charge in [0.2, 0.25) is 0 Å². The average molecular weight is 176 g/mol. The van der Waals surface area contributed by atoms with Gasteiger partial charge in [-0.3, -0.25) is 0 Å². The van der Waals surface area contributed by atoms with Crippen molar-refractivity contribution in [3.8, 4) is 0 Å². The van der Waals surface area contributed by atoms with Crippen LogP contribution < -0.4 is 0 Å². The smallest absolute Gasteiger partial charge is 2.00 e. The first-order valence-electron chi connectivity index (χ1n) is 0. The van der Waals surface area contributed by atoms with Crippen LogP contribution in [0.5, 0.6) is 0 Å². The molecule has 4 heteroatoms. The van der Waals surface area contributed by atoms with Crippen molar-refractivity contribution in [3.05, 3.63) is 0 Å². The summed E-state index contributed by atoms with van der Waals surface area (Å²) in [5.74, 6) is 0. The van der Waals surface area contributed by atoms with Crippen molar-refractivity contribution in [1.29, 1.82) is 0 Å². The van der Waals surface area contributed by atoms with E-state index in [1.807, 2.05) is 0 Å². The van der Waals surface area contributed by atoms with E-state index in [0.717, 1.165) is 0 Å². The van der Waals surface area contributed by atoms with Crippen LogP contribution in [0.1, 0.15) is 0 Å². The molecule has 3 nitrogen and oxygen atoms in total. The fourth-order valence-electron chi connectivity index (χ4n) is 0. The van der Waals surface area contributed by atoms with Crippen LogP contribution in [0.15, 0.2) is 0 Å². The first-order valence-corrected chi connectivity index (χ1v) is 0. The largest absolute Gasteiger partial charge is 6.00 e. The van der Waals surface area contributed by atoms with E-state index in [0.29, 0.717) is 0 Å². The summed E-state index contributed by atoms with van der Waals surface area (Å²) in [5, 5.41) is 0. The van der Waals surface area contributed by atoms with Crippen molar-refractivity contribution in [1.82, 2.24) is 0 Å². The van der Waals surface area contributed by atoms with E-state index in [9.17, 15) is 0 Å². The summed E-state index contributed by atoms with van der Waals surface area (Å²) >= 11 is 0. The van der Waals surface area contributed by atoms with Crippen LogP contribution in [-0.4, -0.2) is 23.7 Å². The zero-order valence-corrected chi connectivity index (χ0v) is 3.96. The van der Waals surface area contributed by atoms with Gasteiger partial charge in [0.25, 0.3) is 0 Å². The van der Waals surface area contributed by atoms with E-state index in [1.54, 1.807) is 0 Å². The maximum Gasteiger partial charge on any atom is 6.00 e. The van der Waals surface area contributed by atoms with Crippen molar-refractivity contribution in [2.45, 2.75) is 0 Å². The predicted molar refractivity (Wildman–Crippen MR) is 7.81 cm³/mol. The van der Waals surface area contributed by atoms with Gasteiger partial charge >= 0.3 is 23.7 Å². The van der Waals surface area contributed by atoms with Gasteiger partial charge in [0.1, 0.15) is 0 Å². The van der Waals surface area contributed by atoms with E-state index < -0.39 is 0 Å². The second kappa shape index (κ2) is 58.3. The topological polar surface area (TPSA) is 85.5 Å².